The Balaban J connectivity index is 1.79. The molecule has 2 aromatic rings. The van der Waals surface area contributed by atoms with E-state index >= 15 is 0 Å². The Bertz CT molecular complexity index is 1190. The number of carbonyl (C=O) groups excluding carboxylic acids is 2. The standard InChI is InChI=1S/C24H28ClN5O5/c1-24(23(34)26-2)7-4-9-30(24)21-17-20(35-12-13-11-27-8-10-29(13)22(17)33)18(25)19(28-21)16-14(31)5-3-6-15(16)32/h3,5-6,13,27,31-32H,4,7-12H2,1-2H3,(H,26,34)/t13-,24+/m1/s1. The van der Waals surface area contributed by atoms with E-state index in [2.05, 4.69) is 10.6 Å². The van der Waals surface area contributed by atoms with E-state index in [1.54, 1.807) is 11.9 Å². The van der Waals surface area contributed by atoms with Crippen molar-refractivity contribution in [3.8, 4) is 28.5 Å². The number of aromatic hydroxyl groups is 2. The monoisotopic (exact) mass is 501 g/mol. The molecule has 0 spiro atoms. The highest BCUT2D eigenvalue weighted by molar-refractivity contribution is 6.35. The van der Waals surface area contributed by atoms with Gasteiger partial charge < -0.3 is 35.4 Å². The van der Waals surface area contributed by atoms with E-state index in [0.29, 0.717) is 39.0 Å². The van der Waals surface area contributed by atoms with E-state index in [4.69, 9.17) is 21.3 Å². The fourth-order valence-corrected chi connectivity index (χ4v) is 5.58. The summed E-state index contributed by atoms with van der Waals surface area (Å²) >= 11 is 6.79. The summed E-state index contributed by atoms with van der Waals surface area (Å²) in [7, 11) is 1.57. The van der Waals surface area contributed by atoms with Crippen molar-refractivity contribution >= 4 is 29.2 Å². The number of likely N-dealkylation sites (N-methyl/N-ethyl adjacent to an activating group) is 1. The molecule has 0 bridgehead atoms. The lowest BCUT2D eigenvalue weighted by Crippen LogP contribution is -2.55. The Kier molecular flexibility index (Phi) is 5.88. The van der Waals surface area contributed by atoms with Gasteiger partial charge in [0, 0.05) is 33.2 Å². The van der Waals surface area contributed by atoms with Gasteiger partial charge in [0.15, 0.2) is 5.75 Å². The SMILES string of the molecule is CNC(=O)[C@]1(C)CCCN1c1nc(-c2c(O)cccc2O)c(Cl)c2c1C(=O)N1CCNC[C@@H]1CO2. The van der Waals surface area contributed by atoms with Gasteiger partial charge in [-0.1, -0.05) is 17.7 Å². The number of ether oxygens (including phenoxy) is 1. The van der Waals surface area contributed by atoms with E-state index in [-0.39, 0.29) is 69.4 Å². The van der Waals surface area contributed by atoms with Crippen LogP contribution in [0, 0.1) is 0 Å². The Morgan fingerprint density at radius 3 is 2.74 bits per heavy atom. The van der Waals surface area contributed by atoms with Gasteiger partial charge in [-0.15, -0.1) is 0 Å². The Labute approximate surface area is 207 Å². The van der Waals surface area contributed by atoms with Crippen molar-refractivity contribution in [3.63, 3.8) is 0 Å². The number of halogens is 1. The molecule has 0 saturated carbocycles. The highest BCUT2D eigenvalue weighted by Crippen LogP contribution is 2.49. The smallest absolute Gasteiger partial charge is 0.261 e. The van der Waals surface area contributed by atoms with Crippen LogP contribution in [0.15, 0.2) is 18.2 Å². The van der Waals surface area contributed by atoms with Crippen molar-refractivity contribution in [1.29, 1.82) is 0 Å². The zero-order valence-electron chi connectivity index (χ0n) is 19.6. The predicted octanol–water partition coefficient (Wildman–Crippen LogP) is 1.72. The van der Waals surface area contributed by atoms with Crippen molar-refractivity contribution in [2.45, 2.75) is 31.3 Å². The molecule has 0 aliphatic carbocycles. The predicted molar refractivity (Wildman–Crippen MR) is 130 cm³/mol. The largest absolute Gasteiger partial charge is 0.507 e. The number of rotatable bonds is 3. The van der Waals surface area contributed by atoms with Crippen LogP contribution in [-0.4, -0.2) is 83.3 Å². The van der Waals surface area contributed by atoms with Crippen molar-refractivity contribution in [3.05, 3.63) is 28.8 Å². The summed E-state index contributed by atoms with van der Waals surface area (Å²) in [6, 6.07) is 4.14. The van der Waals surface area contributed by atoms with Gasteiger partial charge in [0.05, 0.1) is 11.6 Å². The number of piperazine rings is 1. The molecule has 1 aromatic carbocycles. The topological polar surface area (TPSA) is 127 Å². The van der Waals surface area contributed by atoms with Crippen LogP contribution in [0.25, 0.3) is 11.3 Å². The number of phenols is 2. The van der Waals surface area contributed by atoms with Gasteiger partial charge in [-0.25, -0.2) is 4.98 Å². The van der Waals surface area contributed by atoms with Crippen LogP contribution in [0.5, 0.6) is 17.2 Å². The van der Waals surface area contributed by atoms with E-state index in [0.717, 1.165) is 0 Å². The molecule has 4 heterocycles. The quantitative estimate of drug-likeness (QED) is 0.500. The molecule has 4 N–H and O–H groups in total. The summed E-state index contributed by atoms with van der Waals surface area (Å²) in [6.07, 6.45) is 1.28. The average Bonchev–Trinajstić information content (AvgIpc) is 3.18. The molecule has 35 heavy (non-hydrogen) atoms. The van der Waals surface area contributed by atoms with Crippen molar-refractivity contribution in [2.75, 3.05) is 44.7 Å². The number of hydrogen-bond donors (Lipinski definition) is 4. The second kappa shape index (κ2) is 8.76. The van der Waals surface area contributed by atoms with Crippen LogP contribution in [0.3, 0.4) is 0 Å². The number of phenolic OH excluding ortho intramolecular Hbond substituents is 2. The lowest BCUT2D eigenvalue weighted by molar-refractivity contribution is -0.125. The Hall–Kier alpha value is -3.24. The van der Waals surface area contributed by atoms with E-state index < -0.39 is 5.54 Å². The molecule has 0 radical (unpaired) electrons. The zero-order chi connectivity index (χ0) is 24.9. The van der Waals surface area contributed by atoms with Gasteiger partial charge in [-0.05, 0) is 31.9 Å². The number of nitrogens with zero attached hydrogens (tertiary/aromatic N) is 3. The molecule has 3 aliphatic heterocycles. The van der Waals surface area contributed by atoms with E-state index in [1.165, 1.54) is 18.2 Å². The van der Waals surface area contributed by atoms with Crippen molar-refractivity contribution in [2.24, 2.45) is 0 Å². The molecule has 186 valence electrons. The first-order chi connectivity index (χ1) is 16.8. The lowest BCUT2D eigenvalue weighted by Gasteiger charge is -2.37. The molecular formula is C24H28ClN5O5. The summed E-state index contributed by atoms with van der Waals surface area (Å²) in [5, 5.41) is 27.2. The molecule has 2 amide bonds. The maximum Gasteiger partial charge on any atom is 0.261 e. The summed E-state index contributed by atoms with van der Waals surface area (Å²) in [4.78, 5) is 35.2. The number of aromatic nitrogens is 1. The first-order valence-electron chi connectivity index (χ1n) is 11.7. The molecule has 5 rings (SSSR count). The molecule has 2 fully saturated rings. The van der Waals surface area contributed by atoms with Crippen LogP contribution in [-0.2, 0) is 4.79 Å². The summed E-state index contributed by atoms with van der Waals surface area (Å²) in [5.74, 6) is -0.526. The lowest BCUT2D eigenvalue weighted by atomic mass is 9.96. The molecular weight excluding hydrogens is 474 g/mol. The number of hydrogen-bond acceptors (Lipinski definition) is 8. The summed E-state index contributed by atoms with van der Waals surface area (Å²) < 4.78 is 6.15. The van der Waals surface area contributed by atoms with Crippen LogP contribution < -0.4 is 20.3 Å². The van der Waals surface area contributed by atoms with Crippen LogP contribution >= 0.6 is 11.6 Å². The van der Waals surface area contributed by atoms with Gasteiger partial charge in [0.2, 0.25) is 5.91 Å². The molecule has 3 aliphatic rings. The third-order valence-electron chi connectivity index (χ3n) is 7.19. The molecule has 0 unspecified atom stereocenters. The second-order valence-corrected chi connectivity index (χ2v) is 9.63. The first-order valence-corrected chi connectivity index (χ1v) is 12.0. The minimum atomic E-state index is -0.961. The fourth-order valence-electron chi connectivity index (χ4n) is 5.30. The average molecular weight is 502 g/mol. The Morgan fingerprint density at radius 2 is 2.03 bits per heavy atom. The maximum atomic E-state index is 13.9. The minimum Gasteiger partial charge on any atom is -0.507 e. The molecule has 1 aromatic heterocycles. The Morgan fingerprint density at radius 1 is 1.29 bits per heavy atom. The minimum absolute atomic E-state index is 0.0162. The maximum absolute atomic E-state index is 13.9. The van der Waals surface area contributed by atoms with E-state index in [1.807, 2.05) is 11.8 Å². The molecule has 11 heteroatoms. The number of amides is 2. The number of nitrogens with one attached hydrogen (secondary N) is 2. The fraction of sp³-hybridized carbons (Fsp3) is 0.458. The normalized spacial score (nSPS) is 23.9. The van der Waals surface area contributed by atoms with Crippen LogP contribution in [0.1, 0.15) is 30.1 Å². The molecule has 2 saturated heterocycles. The van der Waals surface area contributed by atoms with Gasteiger partial charge in [-0.3, -0.25) is 9.59 Å². The second-order valence-electron chi connectivity index (χ2n) is 9.25. The molecule has 10 nitrogen and oxygen atoms in total. The third kappa shape index (κ3) is 3.63. The third-order valence-corrected chi connectivity index (χ3v) is 7.54. The van der Waals surface area contributed by atoms with Crippen molar-refractivity contribution < 1.29 is 24.5 Å². The number of carbonyl (C=O) groups is 2. The van der Waals surface area contributed by atoms with E-state index in [9.17, 15) is 19.8 Å². The number of benzene rings is 1. The number of fused-ring (bicyclic) bond motifs is 2. The summed E-state index contributed by atoms with van der Waals surface area (Å²) in [6.45, 7) is 4.24. The van der Waals surface area contributed by atoms with Gasteiger partial charge in [0.1, 0.15) is 45.7 Å². The number of pyridine rings is 1. The summed E-state index contributed by atoms with van der Waals surface area (Å²) in [5.41, 5.74) is -0.665. The van der Waals surface area contributed by atoms with Crippen LogP contribution in [0.2, 0.25) is 5.02 Å². The number of anilines is 1. The van der Waals surface area contributed by atoms with Gasteiger partial charge >= 0.3 is 0 Å². The highest BCUT2D eigenvalue weighted by Gasteiger charge is 2.47. The molecule has 2 atom stereocenters. The first kappa shape index (κ1) is 23.5. The highest BCUT2D eigenvalue weighted by atomic mass is 35.5. The van der Waals surface area contributed by atoms with Crippen molar-refractivity contribution in [1.82, 2.24) is 20.5 Å². The van der Waals surface area contributed by atoms with Gasteiger partial charge in [0.25, 0.3) is 5.91 Å². The van der Waals surface area contributed by atoms with Crippen LogP contribution in [0.4, 0.5) is 5.82 Å². The zero-order valence-corrected chi connectivity index (χ0v) is 20.4. The van der Waals surface area contributed by atoms with Gasteiger partial charge in [-0.2, -0.15) is 0 Å².